The smallest absolute Gasteiger partial charge is 0.246 e. The molecule has 0 fully saturated rings. The largest absolute Gasteiger partial charge is 0.489 e. The van der Waals surface area contributed by atoms with Crippen molar-refractivity contribution in [3.05, 3.63) is 71.8 Å². The summed E-state index contributed by atoms with van der Waals surface area (Å²) in [6, 6.07) is 17.7. The van der Waals surface area contributed by atoms with Crippen LogP contribution >= 0.6 is 0 Å². The average molecular weight is 369 g/mol. The van der Waals surface area contributed by atoms with Gasteiger partial charge >= 0.3 is 0 Å². The fourth-order valence-corrected chi connectivity index (χ4v) is 2.42. The van der Waals surface area contributed by atoms with Crippen LogP contribution in [0.3, 0.4) is 0 Å². The molecule has 2 rings (SSSR count). The summed E-state index contributed by atoms with van der Waals surface area (Å²) in [6.45, 7) is 2.60. The minimum absolute atomic E-state index is 0.0616. The molecule has 0 bridgehead atoms. The van der Waals surface area contributed by atoms with Crippen molar-refractivity contribution in [3.63, 3.8) is 0 Å². The lowest BCUT2D eigenvalue weighted by Crippen LogP contribution is -2.35. The Labute approximate surface area is 161 Å². The Bertz CT molecular complexity index is 690. The second kappa shape index (κ2) is 11.9. The fraction of sp³-hybridized carbons (Fsp3) is 0.318. The number of amides is 1. The number of benzene rings is 2. The highest BCUT2D eigenvalue weighted by Crippen LogP contribution is 2.15. The topological polar surface area (TPSA) is 48.0 Å². The first-order chi connectivity index (χ1) is 13.2. The molecule has 5 heteroatoms. The molecule has 0 heterocycles. The van der Waals surface area contributed by atoms with Crippen molar-refractivity contribution in [1.29, 1.82) is 0 Å². The van der Waals surface area contributed by atoms with E-state index in [1.165, 1.54) is 0 Å². The zero-order valence-corrected chi connectivity index (χ0v) is 16.0. The molecule has 0 aliphatic heterocycles. The van der Waals surface area contributed by atoms with E-state index in [9.17, 15) is 4.79 Å². The van der Waals surface area contributed by atoms with Gasteiger partial charge in [0.15, 0.2) is 0 Å². The number of rotatable bonds is 11. The third-order valence-corrected chi connectivity index (χ3v) is 3.99. The maximum atomic E-state index is 12.4. The van der Waals surface area contributed by atoms with E-state index in [1.807, 2.05) is 54.6 Å². The number of hydrogen-bond acceptors (Lipinski definition) is 4. The van der Waals surface area contributed by atoms with Gasteiger partial charge in [0.25, 0.3) is 0 Å². The molecule has 0 saturated heterocycles. The maximum absolute atomic E-state index is 12.4. The van der Waals surface area contributed by atoms with E-state index in [0.29, 0.717) is 32.9 Å². The second-order valence-corrected chi connectivity index (χ2v) is 5.99. The van der Waals surface area contributed by atoms with Crippen LogP contribution in [0.4, 0.5) is 0 Å². The summed E-state index contributed by atoms with van der Waals surface area (Å²) in [5.74, 6) is 0.734. The van der Waals surface area contributed by atoms with E-state index in [4.69, 9.17) is 14.2 Å². The van der Waals surface area contributed by atoms with Crippen LogP contribution in [0.2, 0.25) is 0 Å². The van der Waals surface area contributed by atoms with E-state index < -0.39 is 0 Å². The molecule has 144 valence electrons. The van der Waals surface area contributed by atoms with Crippen LogP contribution in [0.1, 0.15) is 11.1 Å². The van der Waals surface area contributed by atoms with Crippen molar-refractivity contribution >= 4 is 12.0 Å². The van der Waals surface area contributed by atoms with Gasteiger partial charge in [-0.15, -0.1) is 0 Å². The number of ether oxygens (including phenoxy) is 3. The monoisotopic (exact) mass is 369 g/mol. The van der Waals surface area contributed by atoms with Gasteiger partial charge in [0.1, 0.15) is 12.4 Å². The minimum atomic E-state index is -0.0616. The lowest BCUT2D eigenvalue weighted by molar-refractivity contribution is -0.127. The SMILES string of the molecule is COCCN(CCOC)C(=O)/C=C/c1ccc(OCc2ccccc2)cc1. The Kier molecular flexibility index (Phi) is 9.10. The number of carbonyl (C=O) groups excluding carboxylic acids is 1. The van der Waals surface area contributed by atoms with Gasteiger partial charge in [-0.05, 0) is 29.3 Å². The van der Waals surface area contributed by atoms with Gasteiger partial charge in [0.05, 0.1) is 13.2 Å². The van der Waals surface area contributed by atoms with Crippen LogP contribution < -0.4 is 4.74 Å². The van der Waals surface area contributed by atoms with Crippen molar-refractivity contribution < 1.29 is 19.0 Å². The van der Waals surface area contributed by atoms with Crippen molar-refractivity contribution in [1.82, 2.24) is 4.90 Å². The van der Waals surface area contributed by atoms with Crippen LogP contribution in [0.25, 0.3) is 6.08 Å². The molecule has 0 aliphatic carbocycles. The molecule has 0 atom stereocenters. The molecule has 0 unspecified atom stereocenters. The molecule has 2 aromatic rings. The second-order valence-electron chi connectivity index (χ2n) is 5.99. The first kappa shape index (κ1) is 20.7. The lowest BCUT2D eigenvalue weighted by Gasteiger charge is -2.20. The normalized spacial score (nSPS) is 10.9. The van der Waals surface area contributed by atoms with Crippen molar-refractivity contribution in [2.24, 2.45) is 0 Å². The molecule has 27 heavy (non-hydrogen) atoms. The molecule has 0 N–H and O–H groups in total. The van der Waals surface area contributed by atoms with Crippen molar-refractivity contribution in [2.45, 2.75) is 6.61 Å². The molecule has 2 aromatic carbocycles. The Hall–Kier alpha value is -2.63. The molecule has 0 saturated carbocycles. The summed E-state index contributed by atoms with van der Waals surface area (Å²) >= 11 is 0. The highest BCUT2D eigenvalue weighted by Gasteiger charge is 2.09. The van der Waals surface area contributed by atoms with Crippen LogP contribution in [0.5, 0.6) is 5.75 Å². The average Bonchev–Trinajstić information content (AvgIpc) is 2.72. The standard InChI is InChI=1S/C22H27NO4/c1-25-16-14-23(15-17-26-2)22(24)13-10-19-8-11-21(12-9-19)27-18-20-6-4-3-5-7-20/h3-13H,14-18H2,1-2H3/b13-10+. The molecule has 0 aliphatic rings. The van der Waals surface area contributed by atoms with Gasteiger partial charge in [0, 0.05) is 33.4 Å². The first-order valence-corrected chi connectivity index (χ1v) is 8.94. The van der Waals surface area contributed by atoms with Gasteiger partial charge in [-0.3, -0.25) is 4.79 Å². The summed E-state index contributed by atoms with van der Waals surface area (Å²) < 4.78 is 15.9. The third kappa shape index (κ3) is 7.64. The molecule has 1 amide bonds. The third-order valence-electron chi connectivity index (χ3n) is 3.99. The number of hydrogen-bond donors (Lipinski definition) is 0. The molecule has 5 nitrogen and oxygen atoms in total. The first-order valence-electron chi connectivity index (χ1n) is 8.94. The lowest BCUT2D eigenvalue weighted by atomic mass is 10.2. The summed E-state index contributed by atoms with van der Waals surface area (Å²) in [4.78, 5) is 14.1. The predicted molar refractivity (Wildman–Crippen MR) is 107 cm³/mol. The summed E-state index contributed by atoms with van der Waals surface area (Å²) in [5.41, 5.74) is 2.06. The Morgan fingerprint density at radius 3 is 2.15 bits per heavy atom. The van der Waals surface area contributed by atoms with Gasteiger partial charge in [-0.1, -0.05) is 42.5 Å². The minimum Gasteiger partial charge on any atom is -0.489 e. The Morgan fingerprint density at radius 1 is 0.926 bits per heavy atom. The van der Waals surface area contributed by atoms with Crippen LogP contribution in [0.15, 0.2) is 60.7 Å². The van der Waals surface area contributed by atoms with Gasteiger partial charge in [0.2, 0.25) is 5.91 Å². The fourth-order valence-electron chi connectivity index (χ4n) is 2.42. The van der Waals surface area contributed by atoms with Gasteiger partial charge in [-0.2, -0.15) is 0 Å². The van der Waals surface area contributed by atoms with E-state index >= 15 is 0 Å². The number of carbonyl (C=O) groups is 1. The molecule has 0 aromatic heterocycles. The number of methoxy groups -OCH3 is 2. The maximum Gasteiger partial charge on any atom is 0.246 e. The quantitative estimate of drug-likeness (QED) is 0.570. The molecule has 0 spiro atoms. The zero-order valence-electron chi connectivity index (χ0n) is 16.0. The predicted octanol–water partition coefficient (Wildman–Crippen LogP) is 3.40. The highest BCUT2D eigenvalue weighted by molar-refractivity contribution is 5.91. The van der Waals surface area contributed by atoms with Crippen LogP contribution in [-0.4, -0.2) is 51.3 Å². The van der Waals surface area contributed by atoms with E-state index in [0.717, 1.165) is 16.9 Å². The van der Waals surface area contributed by atoms with E-state index in [-0.39, 0.29) is 5.91 Å². The summed E-state index contributed by atoms with van der Waals surface area (Å²) in [7, 11) is 3.24. The van der Waals surface area contributed by atoms with Crippen LogP contribution in [0, 0.1) is 0 Å². The molecular formula is C22H27NO4. The zero-order chi connectivity index (χ0) is 19.3. The Morgan fingerprint density at radius 2 is 1.56 bits per heavy atom. The summed E-state index contributed by atoms with van der Waals surface area (Å²) in [5, 5.41) is 0. The molecule has 0 radical (unpaired) electrons. The van der Waals surface area contributed by atoms with Crippen LogP contribution in [-0.2, 0) is 20.9 Å². The van der Waals surface area contributed by atoms with Crippen molar-refractivity contribution in [3.8, 4) is 5.75 Å². The van der Waals surface area contributed by atoms with E-state index in [1.54, 1.807) is 31.3 Å². The van der Waals surface area contributed by atoms with Gasteiger partial charge < -0.3 is 19.1 Å². The summed E-state index contributed by atoms with van der Waals surface area (Å²) in [6.07, 6.45) is 3.38. The van der Waals surface area contributed by atoms with Gasteiger partial charge in [-0.25, -0.2) is 0 Å². The highest BCUT2D eigenvalue weighted by atomic mass is 16.5. The van der Waals surface area contributed by atoms with Crippen molar-refractivity contribution in [2.75, 3.05) is 40.5 Å². The molecular weight excluding hydrogens is 342 g/mol. The van der Waals surface area contributed by atoms with E-state index in [2.05, 4.69) is 0 Å². The number of nitrogens with zero attached hydrogens (tertiary/aromatic N) is 1. The Balaban J connectivity index is 1.88.